The molecule has 5 rings (SSSR count). The average molecular weight is 448 g/mol. The predicted octanol–water partition coefficient (Wildman–Crippen LogP) is 2.28. The van der Waals surface area contributed by atoms with Crippen LogP contribution < -0.4 is 11.1 Å². The summed E-state index contributed by atoms with van der Waals surface area (Å²) in [6, 6.07) is 4.99. The molecule has 0 saturated carbocycles. The number of methoxy groups -OCH3 is 1. The van der Waals surface area contributed by atoms with Gasteiger partial charge in [-0.2, -0.15) is 10.2 Å². The van der Waals surface area contributed by atoms with E-state index in [0.717, 1.165) is 28.6 Å². The lowest BCUT2D eigenvalue weighted by molar-refractivity contribution is -0.0246. The Hall–Kier alpha value is -3.83. The van der Waals surface area contributed by atoms with E-state index in [1.54, 1.807) is 34.9 Å². The quantitative estimate of drug-likeness (QED) is 0.478. The molecule has 1 atom stereocenters. The largest absolute Gasteiger partial charge is 0.378 e. The minimum Gasteiger partial charge on any atom is -0.378 e. The molecule has 11 nitrogen and oxygen atoms in total. The molecule has 33 heavy (non-hydrogen) atoms. The SMILES string of the molecule is CO[C@]1(c2cc(C)cc(-n3nc(-c4cnn(C)c4)c4cnc(NC(N)=O)cc43)n2)CCOC1. The molecule has 1 saturated heterocycles. The van der Waals surface area contributed by atoms with E-state index in [2.05, 4.69) is 15.4 Å². The highest BCUT2D eigenvalue weighted by Crippen LogP contribution is 2.35. The van der Waals surface area contributed by atoms with Crippen molar-refractivity contribution >= 4 is 22.8 Å². The average Bonchev–Trinajstić information content (AvgIpc) is 3.51. The number of urea groups is 1. The molecular formula is C22H24N8O3. The van der Waals surface area contributed by atoms with Crippen LogP contribution in [0.3, 0.4) is 0 Å². The van der Waals surface area contributed by atoms with Gasteiger partial charge < -0.3 is 15.2 Å². The van der Waals surface area contributed by atoms with Crippen molar-refractivity contribution in [2.45, 2.75) is 18.9 Å². The Morgan fingerprint density at radius 2 is 2.15 bits per heavy atom. The number of carbonyl (C=O) groups excluding carboxylic acids is 1. The van der Waals surface area contributed by atoms with E-state index in [0.29, 0.717) is 36.1 Å². The first kappa shape index (κ1) is 21.0. The number of pyridine rings is 2. The first-order valence-electron chi connectivity index (χ1n) is 10.5. The van der Waals surface area contributed by atoms with Crippen LogP contribution in [0.5, 0.6) is 0 Å². The minimum atomic E-state index is -0.695. The van der Waals surface area contributed by atoms with E-state index in [9.17, 15) is 4.79 Å². The number of aryl methyl sites for hydroxylation is 2. The van der Waals surface area contributed by atoms with Crippen molar-refractivity contribution in [1.29, 1.82) is 0 Å². The lowest BCUT2D eigenvalue weighted by atomic mass is 9.97. The van der Waals surface area contributed by atoms with E-state index in [1.807, 2.05) is 32.3 Å². The number of primary amides is 1. The van der Waals surface area contributed by atoms with Crippen molar-refractivity contribution < 1.29 is 14.3 Å². The second-order valence-electron chi connectivity index (χ2n) is 8.13. The third-order valence-electron chi connectivity index (χ3n) is 5.81. The number of aromatic nitrogens is 6. The van der Waals surface area contributed by atoms with Gasteiger partial charge in [-0.15, -0.1) is 0 Å². The van der Waals surface area contributed by atoms with Gasteiger partial charge in [0.15, 0.2) is 5.82 Å². The van der Waals surface area contributed by atoms with Crippen molar-refractivity contribution in [3.63, 3.8) is 0 Å². The van der Waals surface area contributed by atoms with Crippen LogP contribution in [0.4, 0.5) is 10.6 Å². The zero-order valence-corrected chi connectivity index (χ0v) is 18.6. The Labute approximate surface area is 189 Å². The number of ether oxygens (including phenoxy) is 2. The lowest BCUT2D eigenvalue weighted by Gasteiger charge is -2.26. The molecule has 4 aromatic heterocycles. The first-order valence-corrected chi connectivity index (χ1v) is 10.5. The number of hydrogen-bond acceptors (Lipinski definition) is 7. The van der Waals surface area contributed by atoms with Gasteiger partial charge in [-0.1, -0.05) is 0 Å². The van der Waals surface area contributed by atoms with Gasteiger partial charge in [-0.05, 0) is 24.6 Å². The smallest absolute Gasteiger partial charge is 0.317 e. The number of nitrogens with two attached hydrogens (primary N) is 1. The molecule has 1 aliphatic rings. The summed E-state index contributed by atoms with van der Waals surface area (Å²) >= 11 is 0. The normalized spacial score (nSPS) is 18.2. The number of fused-ring (bicyclic) bond motifs is 1. The van der Waals surface area contributed by atoms with Crippen LogP contribution >= 0.6 is 0 Å². The number of anilines is 1. The van der Waals surface area contributed by atoms with Gasteiger partial charge in [-0.25, -0.2) is 19.4 Å². The Kier molecular flexibility index (Phi) is 5.06. The monoisotopic (exact) mass is 448 g/mol. The zero-order chi connectivity index (χ0) is 23.2. The van der Waals surface area contributed by atoms with Crippen LogP contribution in [0.25, 0.3) is 28.0 Å². The Bertz CT molecular complexity index is 1350. The Morgan fingerprint density at radius 1 is 1.30 bits per heavy atom. The molecular weight excluding hydrogens is 424 g/mol. The van der Waals surface area contributed by atoms with Crippen molar-refractivity contribution in [1.82, 2.24) is 29.5 Å². The molecule has 0 bridgehead atoms. The summed E-state index contributed by atoms with van der Waals surface area (Å²) in [4.78, 5) is 20.6. The van der Waals surface area contributed by atoms with Crippen LogP contribution in [0.15, 0.2) is 36.8 Å². The maximum absolute atomic E-state index is 11.4. The summed E-state index contributed by atoms with van der Waals surface area (Å²) < 4.78 is 14.9. The fraction of sp³-hybridized carbons (Fsp3) is 0.318. The summed E-state index contributed by atoms with van der Waals surface area (Å²) in [5.74, 6) is 0.934. The summed E-state index contributed by atoms with van der Waals surface area (Å²) in [5, 5.41) is 12.4. The Balaban J connectivity index is 1.72. The molecule has 1 fully saturated rings. The summed E-state index contributed by atoms with van der Waals surface area (Å²) in [6.07, 6.45) is 6.00. The van der Waals surface area contributed by atoms with E-state index < -0.39 is 11.6 Å². The van der Waals surface area contributed by atoms with E-state index in [1.165, 1.54) is 0 Å². The number of nitrogens with zero attached hydrogens (tertiary/aromatic N) is 6. The topological polar surface area (TPSA) is 135 Å². The van der Waals surface area contributed by atoms with Gasteiger partial charge in [0.2, 0.25) is 0 Å². The van der Waals surface area contributed by atoms with E-state index >= 15 is 0 Å². The maximum atomic E-state index is 11.4. The molecule has 0 unspecified atom stereocenters. The van der Waals surface area contributed by atoms with Crippen molar-refractivity contribution in [2.24, 2.45) is 12.8 Å². The zero-order valence-electron chi connectivity index (χ0n) is 18.6. The number of carbonyl (C=O) groups is 1. The molecule has 0 aliphatic carbocycles. The van der Waals surface area contributed by atoms with Gasteiger partial charge in [0.1, 0.15) is 17.1 Å². The fourth-order valence-corrected chi connectivity index (χ4v) is 4.14. The van der Waals surface area contributed by atoms with Gasteiger partial charge in [0.05, 0.1) is 24.0 Å². The first-order chi connectivity index (χ1) is 15.9. The molecule has 4 aromatic rings. The standard InChI is InChI=1S/C22H24N8O3/c1-13-6-17(22(32-3)4-5-33-12-22)26-19(7-13)30-16-8-18(27-21(23)31)24-10-15(16)20(28-30)14-9-25-29(2)11-14/h6-11H,4-5,12H2,1-3H3,(H3,23,24,27,31)/t22-/m1/s1. The molecule has 0 spiro atoms. The minimum absolute atomic E-state index is 0.319. The van der Waals surface area contributed by atoms with Gasteiger partial charge in [0.25, 0.3) is 0 Å². The van der Waals surface area contributed by atoms with Crippen molar-refractivity contribution in [2.75, 3.05) is 25.6 Å². The number of hydrogen-bond donors (Lipinski definition) is 2. The molecule has 170 valence electrons. The van der Waals surface area contributed by atoms with Crippen molar-refractivity contribution in [3.8, 4) is 17.1 Å². The summed E-state index contributed by atoms with van der Waals surface area (Å²) in [7, 11) is 3.52. The highest BCUT2D eigenvalue weighted by Gasteiger charge is 2.38. The molecule has 11 heteroatoms. The van der Waals surface area contributed by atoms with Crippen LogP contribution in [-0.2, 0) is 22.1 Å². The Morgan fingerprint density at radius 3 is 2.82 bits per heavy atom. The van der Waals surface area contributed by atoms with Crippen LogP contribution in [0.2, 0.25) is 0 Å². The number of nitrogens with one attached hydrogen (secondary N) is 1. The molecule has 0 aromatic carbocycles. The summed E-state index contributed by atoms with van der Waals surface area (Å²) in [5.41, 5.74) is 8.74. The van der Waals surface area contributed by atoms with Gasteiger partial charge >= 0.3 is 6.03 Å². The summed E-state index contributed by atoms with van der Waals surface area (Å²) in [6.45, 7) is 3.06. The fourth-order valence-electron chi connectivity index (χ4n) is 4.14. The van der Waals surface area contributed by atoms with Crippen LogP contribution in [0.1, 0.15) is 17.7 Å². The van der Waals surface area contributed by atoms with Crippen molar-refractivity contribution in [3.05, 3.63) is 48.0 Å². The molecule has 5 heterocycles. The van der Waals surface area contributed by atoms with E-state index in [4.69, 9.17) is 25.3 Å². The second kappa shape index (κ2) is 7.94. The lowest BCUT2D eigenvalue weighted by Crippen LogP contribution is -2.30. The van der Waals surface area contributed by atoms with Gasteiger partial charge in [0, 0.05) is 56.6 Å². The highest BCUT2D eigenvalue weighted by molar-refractivity contribution is 5.96. The molecule has 2 amide bonds. The number of rotatable bonds is 5. The third-order valence-corrected chi connectivity index (χ3v) is 5.81. The molecule has 3 N–H and O–H groups in total. The third kappa shape index (κ3) is 3.70. The second-order valence-corrected chi connectivity index (χ2v) is 8.13. The van der Waals surface area contributed by atoms with Crippen LogP contribution in [0, 0.1) is 6.92 Å². The van der Waals surface area contributed by atoms with Gasteiger partial charge in [-0.3, -0.25) is 10.00 Å². The van der Waals surface area contributed by atoms with E-state index in [-0.39, 0.29) is 0 Å². The maximum Gasteiger partial charge on any atom is 0.317 e. The number of amides is 2. The molecule has 1 aliphatic heterocycles. The highest BCUT2D eigenvalue weighted by atomic mass is 16.5. The van der Waals surface area contributed by atoms with Crippen LogP contribution in [-0.4, -0.2) is 55.9 Å². The molecule has 0 radical (unpaired) electrons. The predicted molar refractivity (Wildman–Crippen MR) is 121 cm³/mol.